The van der Waals surface area contributed by atoms with E-state index in [9.17, 15) is 4.79 Å². The maximum absolute atomic E-state index is 12.3. The van der Waals surface area contributed by atoms with E-state index in [0.717, 1.165) is 21.5 Å². The number of hydrogen-bond donors (Lipinski definition) is 1. The number of aryl methyl sites for hydroxylation is 1. The minimum Gasteiger partial charge on any atom is -0.492 e. The van der Waals surface area contributed by atoms with Gasteiger partial charge in [-0.1, -0.05) is 18.2 Å². The molecule has 0 bridgehead atoms. The first kappa shape index (κ1) is 14.1. The number of rotatable bonds is 2. The average molecular weight is 347 g/mol. The predicted molar refractivity (Wildman–Crippen MR) is 84.4 cm³/mol. The van der Waals surface area contributed by atoms with Crippen molar-refractivity contribution in [2.45, 2.75) is 13.3 Å². The molecule has 0 aliphatic carbocycles. The zero-order valence-electron chi connectivity index (χ0n) is 11.6. The van der Waals surface area contributed by atoms with Gasteiger partial charge in [-0.2, -0.15) is 0 Å². The Hall–Kier alpha value is -1.88. The van der Waals surface area contributed by atoms with Crippen molar-refractivity contribution in [2.24, 2.45) is 5.92 Å². The van der Waals surface area contributed by atoms with Gasteiger partial charge in [0.15, 0.2) is 0 Å². The van der Waals surface area contributed by atoms with Crippen molar-refractivity contribution >= 4 is 27.5 Å². The number of benzene rings is 1. The number of fused-ring (bicyclic) bond motifs is 1. The first-order chi connectivity index (χ1) is 10.1. The number of anilines is 1. The molecule has 108 valence electrons. The Morgan fingerprint density at radius 2 is 2.24 bits per heavy atom. The Morgan fingerprint density at radius 1 is 1.43 bits per heavy atom. The maximum Gasteiger partial charge on any atom is 0.231 e. The molecule has 1 aromatic carbocycles. The fraction of sp³-hybridized carbons (Fsp3) is 0.250. The van der Waals surface area contributed by atoms with Gasteiger partial charge in [0.2, 0.25) is 5.91 Å². The van der Waals surface area contributed by atoms with E-state index in [2.05, 4.69) is 26.2 Å². The largest absolute Gasteiger partial charge is 0.492 e. The fourth-order valence-corrected chi connectivity index (χ4v) is 2.58. The smallest absolute Gasteiger partial charge is 0.231 e. The van der Waals surface area contributed by atoms with Crippen LogP contribution in [0.4, 0.5) is 5.69 Å². The molecule has 1 aromatic heterocycles. The van der Waals surface area contributed by atoms with Crippen LogP contribution in [0.2, 0.25) is 0 Å². The van der Waals surface area contributed by atoms with E-state index in [1.54, 1.807) is 6.20 Å². The van der Waals surface area contributed by atoms with E-state index in [4.69, 9.17) is 4.74 Å². The number of nitrogens with zero attached hydrogens (tertiary/aromatic N) is 1. The molecule has 0 saturated heterocycles. The van der Waals surface area contributed by atoms with E-state index in [0.29, 0.717) is 18.7 Å². The topological polar surface area (TPSA) is 51.2 Å². The molecule has 0 saturated carbocycles. The normalized spacial score (nSPS) is 16.8. The van der Waals surface area contributed by atoms with Gasteiger partial charge in [-0.05, 0) is 52.5 Å². The van der Waals surface area contributed by atoms with E-state index in [1.807, 2.05) is 37.3 Å². The molecule has 4 nitrogen and oxygen atoms in total. The Labute approximate surface area is 131 Å². The molecule has 0 fully saturated rings. The van der Waals surface area contributed by atoms with Crippen LogP contribution in [0.15, 0.2) is 41.1 Å². The summed E-state index contributed by atoms with van der Waals surface area (Å²) in [6, 6.07) is 9.73. The van der Waals surface area contributed by atoms with Gasteiger partial charge in [0, 0.05) is 0 Å². The van der Waals surface area contributed by atoms with Gasteiger partial charge in [-0.25, -0.2) is 4.98 Å². The zero-order valence-corrected chi connectivity index (χ0v) is 13.2. The van der Waals surface area contributed by atoms with Gasteiger partial charge < -0.3 is 10.1 Å². The second-order valence-electron chi connectivity index (χ2n) is 5.14. The highest BCUT2D eigenvalue weighted by Gasteiger charge is 2.25. The van der Waals surface area contributed by atoms with E-state index >= 15 is 0 Å². The Kier molecular flexibility index (Phi) is 3.92. The SMILES string of the molecule is Cc1cc(NC(=O)C2COc3ccccc3C2)cnc1Br. The van der Waals surface area contributed by atoms with E-state index in [-0.39, 0.29) is 11.8 Å². The van der Waals surface area contributed by atoms with Crippen LogP contribution in [0.1, 0.15) is 11.1 Å². The maximum atomic E-state index is 12.3. The summed E-state index contributed by atoms with van der Waals surface area (Å²) in [7, 11) is 0. The summed E-state index contributed by atoms with van der Waals surface area (Å²) in [6.45, 7) is 2.35. The third kappa shape index (κ3) is 3.08. The molecule has 1 atom stereocenters. The molecular weight excluding hydrogens is 332 g/mol. The minimum atomic E-state index is -0.177. The Bertz CT molecular complexity index is 688. The third-order valence-corrected chi connectivity index (χ3v) is 4.36. The Morgan fingerprint density at radius 3 is 3.05 bits per heavy atom. The van der Waals surface area contributed by atoms with Crippen molar-refractivity contribution in [1.29, 1.82) is 0 Å². The summed E-state index contributed by atoms with van der Waals surface area (Å²) in [6.07, 6.45) is 2.34. The van der Waals surface area contributed by atoms with E-state index in [1.165, 1.54) is 0 Å². The quantitative estimate of drug-likeness (QED) is 0.848. The number of nitrogens with one attached hydrogen (secondary N) is 1. The second kappa shape index (κ2) is 5.85. The van der Waals surface area contributed by atoms with Gasteiger partial charge in [-0.3, -0.25) is 4.79 Å². The molecule has 2 aromatic rings. The standard InChI is InChI=1S/C16H15BrN2O2/c1-10-6-13(8-18-15(10)17)19-16(20)12-7-11-4-2-3-5-14(11)21-9-12/h2-6,8,12H,7,9H2,1H3,(H,19,20). The molecular formula is C16H15BrN2O2. The summed E-state index contributed by atoms with van der Waals surface area (Å²) in [4.78, 5) is 16.5. The highest BCUT2D eigenvalue weighted by atomic mass is 79.9. The van der Waals surface area contributed by atoms with Crippen LogP contribution >= 0.6 is 15.9 Å². The average Bonchev–Trinajstić information content (AvgIpc) is 2.50. The number of halogens is 1. The fourth-order valence-electron chi connectivity index (χ4n) is 2.37. The highest BCUT2D eigenvalue weighted by Crippen LogP contribution is 2.27. The summed E-state index contributed by atoms with van der Waals surface area (Å²) >= 11 is 3.35. The zero-order chi connectivity index (χ0) is 14.8. The summed E-state index contributed by atoms with van der Waals surface area (Å²) < 4.78 is 6.44. The van der Waals surface area contributed by atoms with Crippen LogP contribution in [0.25, 0.3) is 0 Å². The number of ether oxygens (including phenoxy) is 1. The molecule has 1 aliphatic heterocycles. The Balaban J connectivity index is 1.70. The summed E-state index contributed by atoms with van der Waals surface area (Å²) in [5.74, 6) is 0.666. The summed E-state index contributed by atoms with van der Waals surface area (Å²) in [5.41, 5.74) is 2.77. The number of aromatic nitrogens is 1. The first-order valence-electron chi connectivity index (χ1n) is 6.77. The molecule has 5 heteroatoms. The number of carbonyl (C=O) groups is 1. The molecule has 1 unspecified atom stereocenters. The molecule has 0 radical (unpaired) electrons. The van der Waals surface area contributed by atoms with Gasteiger partial charge in [0.1, 0.15) is 17.0 Å². The van der Waals surface area contributed by atoms with Crippen molar-refractivity contribution in [3.05, 3.63) is 52.3 Å². The van der Waals surface area contributed by atoms with Crippen LogP contribution in [0.5, 0.6) is 5.75 Å². The molecule has 2 heterocycles. The van der Waals surface area contributed by atoms with Crippen LogP contribution in [-0.2, 0) is 11.2 Å². The lowest BCUT2D eigenvalue weighted by atomic mass is 9.96. The molecule has 21 heavy (non-hydrogen) atoms. The molecule has 3 rings (SSSR count). The number of amides is 1. The molecule has 1 N–H and O–H groups in total. The molecule has 1 amide bonds. The monoisotopic (exact) mass is 346 g/mol. The van der Waals surface area contributed by atoms with Crippen molar-refractivity contribution in [2.75, 3.05) is 11.9 Å². The van der Waals surface area contributed by atoms with Crippen LogP contribution in [-0.4, -0.2) is 17.5 Å². The van der Waals surface area contributed by atoms with Crippen LogP contribution < -0.4 is 10.1 Å². The minimum absolute atomic E-state index is 0.0342. The van der Waals surface area contributed by atoms with Gasteiger partial charge in [-0.15, -0.1) is 0 Å². The first-order valence-corrected chi connectivity index (χ1v) is 7.56. The number of hydrogen-bond acceptors (Lipinski definition) is 3. The lowest BCUT2D eigenvalue weighted by Gasteiger charge is -2.24. The summed E-state index contributed by atoms with van der Waals surface area (Å²) in [5, 5.41) is 2.91. The number of pyridine rings is 1. The van der Waals surface area contributed by atoms with Gasteiger partial charge >= 0.3 is 0 Å². The lowest BCUT2D eigenvalue weighted by molar-refractivity contribution is -0.121. The predicted octanol–water partition coefficient (Wildman–Crippen LogP) is 3.34. The lowest BCUT2D eigenvalue weighted by Crippen LogP contribution is -2.32. The second-order valence-corrected chi connectivity index (χ2v) is 5.89. The van der Waals surface area contributed by atoms with Crippen molar-refractivity contribution in [3.63, 3.8) is 0 Å². The van der Waals surface area contributed by atoms with Crippen LogP contribution in [0.3, 0.4) is 0 Å². The van der Waals surface area contributed by atoms with Crippen LogP contribution in [0, 0.1) is 12.8 Å². The van der Waals surface area contributed by atoms with Gasteiger partial charge in [0.05, 0.1) is 17.8 Å². The van der Waals surface area contributed by atoms with Crippen molar-refractivity contribution < 1.29 is 9.53 Å². The number of carbonyl (C=O) groups excluding carboxylic acids is 1. The third-order valence-electron chi connectivity index (χ3n) is 3.53. The van der Waals surface area contributed by atoms with Crippen molar-refractivity contribution in [3.8, 4) is 5.75 Å². The number of para-hydroxylation sites is 1. The molecule has 0 spiro atoms. The van der Waals surface area contributed by atoms with Crippen molar-refractivity contribution in [1.82, 2.24) is 4.98 Å². The van der Waals surface area contributed by atoms with E-state index < -0.39 is 0 Å². The van der Waals surface area contributed by atoms with Gasteiger partial charge in [0.25, 0.3) is 0 Å². The highest BCUT2D eigenvalue weighted by molar-refractivity contribution is 9.10. The molecule has 1 aliphatic rings.